The van der Waals surface area contributed by atoms with E-state index in [0.717, 1.165) is 82.1 Å². The third kappa shape index (κ3) is 4.73. The maximum absolute atomic E-state index is 13.7. The van der Waals surface area contributed by atoms with E-state index in [0.29, 0.717) is 5.76 Å². The Kier molecular flexibility index (Phi) is 7.35. The number of nitrogens with zero attached hydrogens (tertiary/aromatic N) is 2. The summed E-state index contributed by atoms with van der Waals surface area (Å²) in [7, 11) is 1.64. The van der Waals surface area contributed by atoms with Crippen LogP contribution < -0.4 is 14.8 Å². The third-order valence-electron chi connectivity index (χ3n) is 9.36. The zero-order valence-electron chi connectivity index (χ0n) is 23.1. The number of piperazine rings is 1. The molecule has 9 nitrogen and oxygen atoms in total. The molecule has 4 aliphatic heterocycles. The highest BCUT2D eigenvalue weighted by molar-refractivity contribution is 5.80. The summed E-state index contributed by atoms with van der Waals surface area (Å²) in [5, 5.41) is 14.8. The molecule has 9 heteroatoms. The highest BCUT2D eigenvalue weighted by atomic mass is 16.7. The van der Waals surface area contributed by atoms with Gasteiger partial charge in [0.05, 0.1) is 18.6 Å². The van der Waals surface area contributed by atoms with Gasteiger partial charge in [0.15, 0.2) is 23.2 Å². The molecule has 1 spiro atoms. The SMILES string of the molecule is CC[C@](O)(C/C=C/CN1CCNCC1)C(=O)O[C@@H]1C(OC)=C[C@]23CCCN2CCc2cc4c(cc2[C@H]13)OCO4. The second-order valence-corrected chi connectivity index (χ2v) is 11.4. The summed E-state index contributed by atoms with van der Waals surface area (Å²) in [6.07, 6.45) is 8.90. The van der Waals surface area contributed by atoms with Gasteiger partial charge in [0.25, 0.3) is 0 Å². The summed E-state index contributed by atoms with van der Waals surface area (Å²) < 4.78 is 23.6. The van der Waals surface area contributed by atoms with Crippen LogP contribution in [0, 0.1) is 0 Å². The molecule has 0 amide bonds. The van der Waals surface area contributed by atoms with E-state index in [1.54, 1.807) is 7.11 Å². The number of esters is 1. The molecule has 1 aromatic carbocycles. The second kappa shape index (κ2) is 10.8. The molecule has 4 atom stereocenters. The second-order valence-electron chi connectivity index (χ2n) is 11.4. The molecule has 0 radical (unpaired) electrons. The number of aliphatic hydroxyl groups is 1. The van der Waals surface area contributed by atoms with E-state index in [1.165, 1.54) is 5.56 Å². The largest absolute Gasteiger partial charge is 0.497 e. The van der Waals surface area contributed by atoms with Gasteiger partial charge in [0, 0.05) is 45.7 Å². The molecule has 1 aromatic rings. The first-order chi connectivity index (χ1) is 19.0. The van der Waals surface area contributed by atoms with Crippen LogP contribution in [0.15, 0.2) is 36.1 Å². The Bertz CT molecular complexity index is 1150. The molecule has 0 unspecified atom stereocenters. The molecular weight excluding hydrogens is 498 g/mol. The summed E-state index contributed by atoms with van der Waals surface area (Å²) in [5.74, 6) is 1.39. The summed E-state index contributed by atoms with van der Waals surface area (Å²) >= 11 is 0. The van der Waals surface area contributed by atoms with E-state index in [2.05, 4.69) is 33.3 Å². The summed E-state index contributed by atoms with van der Waals surface area (Å²) in [5.41, 5.74) is 0.391. The Morgan fingerprint density at radius 3 is 2.77 bits per heavy atom. The first-order valence-corrected chi connectivity index (χ1v) is 14.4. The van der Waals surface area contributed by atoms with Gasteiger partial charge in [0.1, 0.15) is 5.76 Å². The number of benzene rings is 1. The van der Waals surface area contributed by atoms with Crippen molar-refractivity contribution in [1.29, 1.82) is 0 Å². The van der Waals surface area contributed by atoms with Gasteiger partial charge in [-0.1, -0.05) is 19.1 Å². The number of nitrogens with one attached hydrogen (secondary N) is 1. The number of carbonyl (C=O) groups is 1. The van der Waals surface area contributed by atoms with Crippen molar-refractivity contribution < 1.29 is 28.8 Å². The van der Waals surface area contributed by atoms with Crippen LogP contribution in [0.2, 0.25) is 0 Å². The van der Waals surface area contributed by atoms with Gasteiger partial charge in [-0.3, -0.25) is 9.80 Å². The fraction of sp³-hybridized carbons (Fsp3) is 0.633. The van der Waals surface area contributed by atoms with E-state index in [4.69, 9.17) is 18.9 Å². The van der Waals surface area contributed by atoms with Crippen LogP contribution in [0.3, 0.4) is 0 Å². The minimum Gasteiger partial charge on any atom is -0.497 e. The van der Waals surface area contributed by atoms with Gasteiger partial charge in [-0.15, -0.1) is 0 Å². The molecule has 0 saturated carbocycles. The minimum atomic E-state index is -1.60. The number of methoxy groups -OCH3 is 1. The van der Waals surface area contributed by atoms with Crippen molar-refractivity contribution in [2.75, 3.05) is 59.7 Å². The van der Waals surface area contributed by atoms with Crippen molar-refractivity contribution in [3.63, 3.8) is 0 Å². The Balaban J connectivity index is 1.26. The van der Waals surface area contributed by atoms with Crippen molar-refractivity contribution in [1.82, 2.24) is 15.1 Å². The van der Waals surface area contributed by atoms with Crippen LogP contribution in [0.4, 0.5) is 0 Å². The smallest absolute Gasteiger partial charge is 0.339 e. The normalized spacial score (nSPS) is 29.8. The molecule has 0 aromatic heterocycles. The molecular formula is C30H41N3O6. The van der Waals surface area contributed by atoms with Gasteiger partial charge in [-0.25, -0.2) is 4.79 Å². The molecule has 4 heterocycles. The summed E-state index contributed by atoms with van der Waals surface area (Å²) in [6, 6.07) is 4.16. The molecule has 5 aliphatic rings. The average molecular weight is 540 g/mol. The van der Waals surface area contributed by atoms with Gasteiger partial charge in [-0.05, 0) is 61.6 Å². The highest BCUT2D eigenvalue weighted by Crippen LogP contribution is 2.55. The highest BCUT2D eigenvalue weighted by Gasteiger charge is 2.58. The number of rotatable bonds is 8. The Hall–Kier alpha value is -2.59. The van der Waals surface area contributed by atoms with E-state index >= 15 is 0 Å². The number of hydrogen-bond acceptors (Lipinski definition) is 9. The first kappa shape index (κ1) is 26.6. The van der Waals surface area contributed by atoms with Gasteiger partial charge in [-0.2, -0.15) is 0 Å². The molecule has 0 bridgehead atoms. The first-order valence-electron chi connectivity index (χ1n) is 14.4. The van der Waals surface area contributed by atoms with Crippen molar-refractivity contribution in [2.24, 2.45) is 0 Å². The molecule has 2 saturated heterocycles. The van der Waals surface area contributed by atoms with Crippen LogP contribution in [-0.2, 0) is 20.7 Å². The Morgan fingerprint density at radius 2 is 2.00 bits per heavy atom. The lowest BCUT2D eigenvalue weighted by molar-refractivity contribution is -0.172. The van der Waals surface area contributed by atoms with E-state index < -0.39 is 17.7 Å². The van der Waals surface area contributed by atoms with Gasteiger partial charge in [0.2, 0.25) is 6.79 Å². The standard InChI is InChI=1S/C30H41N3O6/c1-3-30(35,9-4-5-12-32-15-10-31-11-16-32)28(34)39-27-25(36-2)19-29-8-6-13-33(29)14-7-21-17-23-24(38-20-37-23)18-22(21)26(27)29/h4-5,17-19,26-27,31,35H,3,6-16,20H2,1-2H3/b5-4+/t26-,27-,29+,30+/m1/s1. The molecule has 39 heavy (non-hydrogen) atoms. The quantitative estimate of drug-likeness (QED) is 0.382. The lowest BCUT2D eigenvalue weighted by Crippen LogP contribution is -2.49. The van der Waals surface area contributed by atoms with E-state index in [-0.39, 0.29) is 31.1 Å². The average Bonchev–Trinajstić information content (AvgIpc) is 3.65. The zero-order valence-corrected chi connectivity index (χ0v) is 23.1. The monoisotopic (exact) mass is 539 g/mol. The van der Waals surface area contributed by atoms with Crippen LogP contribution in [0.5, 0.6) is 11.5 Å². The molecule has 2 fully saturated rings. The topological polar surface area (TPSA) is 92.7 Å². The molecule has 6 rings (SSSR count). The fourth-order valence-corrected chi connectivity index (χ4v) is 7.09. The van der Waals surface area contributed by atoms with E-state index in [9.17, 15) is 9.90 Å². The van der Waals surface area contributed by atoms with Gasteiger partial charge < -0.3 is 29.4 Å². The van der Waals surface area contributed by atoms with Crippen molar-refractivity contribution in [3.8, 4) is 11.5 Å². The number of carbonyl (C=O) groups excluding carboxylic acids is 1. The maximum Gasteiger partial charge on any atom is 0.339 e. The lowest BCUT2D eigenvalue weighted by Gasteiger charge is -2.39. The third-order valence-corrected chi connectivity index (χ3v) is 9.36. The van der Waals surface area contributed by atoms with Crippen LogP contribution in [0.1, 0.15) is 49.7 Å². The number of fused-ring (bicyclic) bond motifs is 3. The molecule has 1 aliphatic carbocycles. The minimum absolute atomic E-state index is 0.157. The van der Waals surface area contributed by atoms with Gasteiger partial charge >= 0.3 is 5.97 Å². The van der Waals surface area contributed by atoms with Crippen LogP contribution in [-0.4, -0.2) is 97.8 Å². The fourth-order valence-electron chi connectivity index (χ4n) is 7.09. The predicted molar refractivity (Wildman–Crippen MR) is 146 cm³/mol. The zero-order chi connectivity index (χ0) is 27.0. The summed E-state index contributed by atoms with van der Waals surface area (Å²) in [4.78, 5) is 18.6. The number of ether oxygens (including phenoxy) is 4. The van der Waals surface area contributed by atoms with E-state index in [1.807, 2.05) is 19.1 Å². The Morgan fingerprint density at radius 1 is 1.21 bits per heavy atom. The molecule has 2 N–H and O–H groups in total. The van der Waals surface area contributed by atoms with Crippen molar-refractivity contribution in [2.45, 2.75) is 62.2 Å². The Labute approximate surface area is 230 Å². The lowest BCUT2D eigenvalue weighted by atomic mass is 9.77. The maximum atomic E-state index is 13.7. The summed E-state index contributed by atoms with van der Waals surface area (Å²) in [6.45, 7) is 8.72. The molecule has 212 valence electrons. The van der Waals surface area contributed by atoms with Crippen molar-refractivity contribution in [3.05, 3.63) is 47.2 Å². The van der Waals surface area contributed by atoms with Crippen LogP contribution >= 0.6 is 0 Å². The van der Waals surface area contributed by atoms with Crippen molar-refractivity contribution >= 4 is 5.97 Å². The van der Waals surface area contributed by atoms with Crippen LogP contribution in [0.25, 0.3) is 0 Å². The predicted octanol–water partition coefficient (Wildman–Crippen LogP) is 2.34. The number of hydrogen-bond donors (Lipinski definition) is 2.